The van der Waals surface area contributed by atoms with Gasteiger partial charge < -0.3 is 10.0 Å². The lowest BCUT2D eigenvalue weighted by Gasteiger charge is -2.23. The number of hydrogen-bond acceptors (Lipinski definition) is 2. The predicted octanol–water partition coefficient (Wildman–Crippen LogP) is 3.37. The Hall–Kier alpha value is -1.22. The molecule has 1 atom stereocenters. The van der Waals surface area contributed by atoms with Gasteiger partial charge in [0.25, 0.3) is 0 Å². The van der Waals surface area contributed by atoms with E-state index in [4.69, 9.17) is 11.6 Å². The molecule has 1 aliphatic rings. The summed E-state index contributed by atoms with van der Waals surface area (Å²) >= 11 is 6.04. The van der Waals surface area contributed by atoms with Gasteiger partial charge in [-0.3, -0.25) is 4.79 Å². The van der Waals surface area contributed by atoms with Crippen molar-refractivity contribution in [3.05, 3.63) is 28.8 Å². The zero-order chi connectivity index (χ0) is 13.5. The molecule has 0 saturated heterocycles. The zero-order valence-corrected chi connectivity index (χ0v) is 11.7. The highest BCUT2D eigenvalue weighted by molar-refractivity contribution is 6.30. The summed E-state index contributed by atoms with van der Waals surface area (Å²) in [7, 11) is 2.03. The van der Waals surface area contributed by atoms with Gasteiger partial charge in [-0.05, 0) is 44.0 Å². The van der Waals surface area contributed by atoms with Crippen LogP contribution in [0, 0.1) is 5.41 Å². The highest BCUT2D eigenvalue weighted by atomic mass is 35.5. The first-order valence-corrected chi connectivity index (χ1v) is 6.43. The van der Waals surface area contributed by atoms with Crippen LogP contribution < -0.4 is 4.90 Å². The van der Waals surface area contributed by atoms with Crippen LogP contribution in [0.3, 0.4) is 0 Å². The van der Waals surface area contributed by atoms with Crippen LogP contribution in [-0.4, -0.2) is 24.7 Å². The van der Waals surface area contributed by atoms with Crippen molar-refractivity contribution in [3.63, 3.8) is 0 Å². The van der Waals surface area contributed by atoms with E-state index in [1.807, 2.05) is 25.2 Å². The third-order valence-electron chi connectivity index (χ3n) is 3.67. The summed E-state index contributed by atoms with van der Waals surface area (Å²) in [5, 5.41) is 9.94. The van der Waals surface area contributed by atoms with Gasteiger partial charge in [-0.1, -0.05) is 11.6 Å². The van der Waals surface area contributed by atoms with Crippen LogP contribution in [0.25, 0.3) is 0 Å². The number of carboxylic acid groups (broad SMARTS) is 1. The summed E-state index contributed by atoms with van der Waals surface area (Å²) in [5.41, 5.74) is 1.61. The second-order valence-corrected chi connectivity index (χ2v) is 6.11. The Morgan fingerprint density at radius 2 is 2.22 bits per heavy atom. The van der Waals surface area contributed by atoms with Crippen molar-refractivity contribution in [2.75, 3.05) is 18.5 Å². The Morgan fingerprint density at radius 3 is 2.83 bits per heavy atom. The number of aliphatic carboxylic acids is 1. The molecule has 0 fully saturated rings. The van der Waals surface area contributed by atoms with Crippen molar-refractivity contribution in [3.8, 4) is 0 Å². The summed E-state index contributed by atoms with van der Waals surface area (Å²) < 4.78 is 0. The number of nitrogens with zero attached hydrogens (tertiary/aromatic N) is 1. The Labute approximate surface area is 112 Å². The van der Waals surface area contributed by atoms with E-state index in [2.05, 4.69) is 4.90 Å². The standard InChI is InChI=1S/C14H18ClNO2/c1-14(2,13(17)18)7-9-8-16(3)12-5-4-10(15)6-11(9)12/h4-6,9H,7-8H2,1-3H3,(H,17,18). The number of carboxylic acids is 1. The molecule has 1 aromatic carbocycles. The summed E-state index contributed by atoms with van der Waals surface area (Å²) in [6.45, 7) is 4.40. The molecule has 4 heteroatoms. The first-order valence-electron chi connectivity index (χ1n) is 6.05. The summed E-state index contributed by atoms with van der Waals surface area (Å²) in [4.78, 5) is 13.4. The number of rotatable bonds is 3. The third kappa shape index (κ3) is 2.32. The molecule has 0 amide bonds. The SMILES string of the molecule is CN1CC(CC(C)(C)C(=O)O)c2cc(Cl)ccc21. The normalized spacial score (nSPS) is 18.9. The Bertz CT molecular complexity index is 485. The summed E-state index contributed by atoms with van der Waals surface area (Å²) in [5.74, 6) is -0.518. The van der Waals surface area contributed by atoms with Crippen molar-refractivity contribution in [1.82, 2.24) is 0 Å². The van der Waals surface area contributed by atoms with Crippen LogP contribution in [0.15, 0.2) is 18.2 Å². The van der Waals surface area contributed by atoms with Crippen molar-refractivity contribution in [2.45, 2.75) is 26.2 Å². The van der Waals surface area contributed by atoms with E-state index >= 15 is 0 Å². The van der Waals surface area contributed by atoms with Crippen molar-refractivity contribution in [2.24, 2.45) is 5.41 Å². The molecule has 0 radical (unpaired) electrons. The third-order valence-corrected chi connectivity index (χ3v) is 3.91. The second kappa shape index (κ2) is 4.47. The van der Waals surface area contributed by atoms with Gasteiger partial charge in [0.15, 0.2) is 0 Å². The van der Waals surface area contributed by atoms with Crippen LogP contribution in [0.4, 0.5) is 5.69 Å². The van der Waals surface area contributed by atoms with E-state index in [9.17, 15) is 9.90 Å². The molecule has 0 bridgehead atoms. The highest BCUT2D eigenvalue weighted by Gasteiger charge is 2.35. The van der Waals surface area contributed by atoms with Gasteiger partial charge in [-0.25, -0.2) is 0 Å². The Balaban J connectivity index is 2.29. The molecule has 1 aromatic rings. The maximum absolute atomic E-state index is 11.2. The number of likely N-dealkylation sites (N-methyl/N-ethyl adjacent to an activating group) is 1. The van der Waals surface area contributed by atoms with Gasteiger partial charge >= 0.3 is 5.97 Å². The molecule has 1 aliphatic heterocycles. The monoisotopic (exact) mass is 267 g/mol. The van der Waals surface area contributed by atoms with E-state index in [1.165, 1.54) is 5.56 Å². The second-order valence-electron chi connectivity index (χ2n) is 5.67. The van der Waals surface area contributed by atoms with Gasteiger partial charge in [0.2, 0.25) is 0 Å². The molecule has 1 unspecified atom stereocenters. The lowest BCUT2D eigenvalue weighted by molar-refractivity contribution is -0.147. The molecule has 0 spiro atoms. The van der Waals surface area contributed by atoms with Crippen molar-refractivity contribution < 1.29 is 9.90 Å². The first kappa shape index (κ1) is 13.2. The maximum Gasteiger partial charge on any atom is 0.309 e. The lowest BCUT2D eigenvalue weighted by Crippen LogP contribution is -2.27. The Kier molecular flexibility index (Phi) is 3.28. The zero-order valence-electron chi connectivity index (χ0n) is 10.9. The predicted molar refractivity (Wildman–Crippen MR) is 73.5 cm³/mol. The largest absolute Gasteiger partial charge is 0.481 e. The fourth-order valence-electron chi connectivity index (χ4n) is 2.61. The van der Waals surface area contributed by atoms with Crippen LogP contribution >= 0.6 is 11.6 Å². The molecule has 0 aliphatic carbocycles. The number of fused-ring (bicyclic) bond motifs is 1. The number of anilines is 1. The minimum Gasteiger partial charge on any atom is -0.481 e. The number of benzene rings is 1. The molecule has 1 N–H and O–H groups in total. The molecule has 3 nitrogen and oxygen atoms in total. The van der Waals surface area contributed by atoms with Gasteiger partial charge in [-0.2, -0.15) is 0 Å². The van der Waals surface area contributed by atoms with Gasteiger partial charge in [0.1, 0.15) is 0 Å². The van der Waals surface area contributed by atoms with Crippen molar-refractivity contribution in [1.29, 1.82) is 0 Å². The van der Waals surface area contributed by atoms with Gasteiger partial charge in [0, 0.05) is 30.2 Å². The van der Waals surface area contributed by atoms with Crippen LogP contribution in [0.1, 0.15) is 31.7 Å². The molecule has 98 valence electrons. The van der Waals surface area contributed by atoms with Crippen LogP contribution in [-0.2, 0) is 4.79 Å². The molecule has 2 rings (SSSR count). The average Bonchev–Trinajstić information content (AvgIpc) is 2.54. The fraction of sp³-hybridized carbons (Fsp3) is 0.500. The Morgan fingerprint density at radius 1 is 1.56 bits per heavy atom. The van der Waals surface area contributed by atoms with Gasteiger partial charge in [-0.15, -0.1) is 0 Å². The highest BCUT2D eigenvalue weighted by Crippen LogP contribution is 2.42. The number of hydrogen-bond donors (Lipinski definition) is 1. The molecular weight excluding hydrogens is 250 g/mol. The summed E-state index contributed by atoms with van der Waals surface area (Å²) in [6, 6.07) is 5.84. The minimum atomic E-state index is -0.749. The lowest BCUT2D eigenvalue weighted by atomic mass is 9.81. The molecule has 18 heavy (non-hydrogen) atoms. The van der Waals surface area contributed by atoms with E-state index in [0.717, 1.165) is 12.2 Å². The van der Waals surface area contributed by atoms with Crippen molar-refractivity contribution >= 4 is 23.3 Å². The smallest absolute Gasteiger partial charge is 0.309 e. The maximum atomic E-state index is 11.2. The molecule has 0 aromatic heterocycles. The minimum absolute atomic E-state index is 0.231. The molecule has 0 saturated carbocycles. The van der Waals surface area contributed by atoms with Crippen LogP contribution in [0.2, 0.25) is 5.02 Å². The fourth-order valence-corrected chi connectivity index (χ4v) is 2.79. The molecular formula is C14H18ClNO2. The quantitative estimate of drug-likeness (QED) is 0.913. The van der Waals surface area contributed by atoms with E-state index < -0.39 is 11.4 Å². The van der Waals surface area contributed by atoms with Gasteiger partial charge in [0.05, 0.1) is 5.41 Å². The summed E-state index contributed by atoms with van der Waals surface area (Å²) in [6.07, 6.45) is 0.625. The van der Waals surface area contributed by atoms with Crippen LogP contribution in [0.5, 0.6) is 0 Å². The average molecular weight is 268 g/mol. The van der Waals surface area contributed by atoms with E-state index in [0.29, 0.717) is 11.4 Å². The number of carbonyl (C=O) groups is 1. The van der Waals surface area contributed by atoms with E-state index in [1.54, 1.807) is 13.8 Å². The first-order chi connectivity index (χ1) is 8.31. The van der Waals surface area contributed by atoms with E-state index in [-0.39, 0.29) is 5.92 Å². The molecule has 1 heterocycles. The topological polar surface area (TPSA) is 40.5 Å². The number of halogens is 1.